The molecule has 0 saturated heterocycles. The topological polar surface area (TPSA) is 65.1 Å². The molecule has 2 heterocycles. The summed E-state index contributed by atoms with van der Waals surface area (Å²) in [6.45, 7) is 0. The van der Waals surface area contributed by atoms with Gasteiger partial charge in [-0.1, -0.05) is 48.5 Å². The van der Waals surface area contributed by atoms with Gasteiger partial charge in [-0.05, 0) is 30.3 Å². The van der Waals surface area contributed by atoms with Crippen molar-refractivity contribution in [3.05, 3.63) is 113 Å². The van der Waals surface area contributed by atoms with E-state index in [2.05, 4.69) is 4.98 Å². The first-order chi connectivity index (χ1) is 16.5. The van der Waals surface area contributed by atoms with E-state index in [1.54, 1.807) is 4.57 Å². The van der Waals surface area contributed by atoms with E-state index in [1.807, 2.05) is 66.7 Å². The standard InChI is InChI=1S/C27H14F2N2O3/c28-18-11-12-19(29)24-23(18)25(32)17(26(24)33)13-22-30-27-20(31(22)16-9-5-2-6-10-16)14-21(34-27)15-7-3-1-4-8-15/h1-14H. The second kappa shape index (κ2) is 7.45. The van der Waals surface area contributed by atoms with Crippen LogP contribution in [0.1, 0.15) is 26.5 Å². The molecular formula is C27H14F2N2O3. The quantitative estimate of drug-likeness (QED) is 0.248. The van der Waals surface area contributed by atoms with Gasteiger partial charge in [0.25, 0.3) is 0 Å². The number of imidazole rings is 1. The van der Waals surface area contributed by atoms with Gasteiger partial charge in [0, 0.05) is 17.3 Å². The molecule has 0 unspecified atom stereocenters. The number of carbonyl (C=O) groups is 2. The van der Waals surface area contributed by atoms with Gasteiger partial charge >= 0.3 is 0 Å². The maximum absolute atomic E-state index is 14.3. The number of halogens is 2. The molecule has 0 saturated carbocycles. The van der Waals surface area contributed by atoms with Crippen molar-refractivity contribution in [2.75, 3.05) is 0 Å². The van der Waals surface area contributed by atoms with E-state index in [0.717, 1.165) is 17.7 Å². The molecule has 3 aromatic carbocycles. The maximum Gasteiger partial charge on any atom is 0.246 e. The summed E-state index contributed by atoms with van der Waals surface area (Å²) in [6, 6.07) is 22.2. The lowest BCUT2D eigenvalue weighted by molar-refractivity contribution is 0.0988. The third-order valence-electron chi connectivity index (χ3n) is 5.77. The Labute approximate surface area is 191 Å². The smallest absolute Gasteiger partial charge is 0.246 e. The second-order valence-electron chi connectivity index (χ2n) is 7.80. The number of rotatable bonds is 3. The fourth-order valence-electron chi connectivity index (χ4n) is 4.21. The first-order valence-electron chi connectivity index (χ1n) is 10.4. The van der Waals surface area contributed by atoms with Crippen molar-refractivity contribution >= 4 is 28.9 Å². The van der Waals surface area contributed by atoms with E-state index in [9.17, 15) is 18.4 Å². The number of furan rings is 1. The summed E-state index contributed by atoms with van der Waals surface area (Å²) < 4.78 is 36.2. The molecule has 0 bridgehead atoms. The summed E-state index contributed by atoms with van der Waals surface area (Å²) in [5.74, 6) is -2.80. The van der Waals surface area contributed by atoms with Crippen LogP contribution in [0.3, 0.4) is 0 Å². The highest BCUT2D eigenvalue weighted by Gasteiger charge is 2.38. The number of benzene rings is 3. The molecule has 0 amide bonds. The van der Waals surface area contributed by atoms with Crippen LogP contribution in [0.25, 0.3) is 34.3 Å². The van der Waals surface area contributed by atoms with E-state index >= 15 is 0 Å². The molecule has 0 radical (unpaired) electrons. The zero-order chi connectivity index (χ0) is 23.4. The van der Waals surface area contributed by atoms with Crippen LogP contribution in [0, 0.1) is 11.6 Å². The zero-order valence-electron chi connectivity index (χ0n) is 17.5. The predicted molar refractivity (Wildman–Crippen MR) is 122 cm³/mol. The van der Waals surface area contributed by atoms with Crippen LogP contribution in [0.5, 0.6) is 0 Å². The van der Waals surface area contributed by atoms with E-state index in [0.29, 0.717) is 22.7 Å². The Bertz CT molecular complexity index is 1610. The summed E-state index contributed by atoms with van der Waals surface area (Å²) in [6.07, 6.45) is 1.26. The number of para-hydroxylation sites is 1. The van der Waals surface area contributed by atoms with Gasteiger partial charge in [0.2, 0.25) is 17.3 Å². The number of ketones is 2. The SMILES string of the molecule is O=C1C(=Cc2nc3oc(-c4ccccc4)cc3n2-c2ccccc2)C(=O)c2c(F)ccc(F)c21. The molecule has 0 atom stereocenters. The van der Waals surface area contributed by atoms with Crippen LogP contribution in [-0.2, 0) is 0 Å². The minimum Gasteiger partial charge on any atom is -0.436 e. The summed E-state index contributed by atoms with van der Waals surface area (Å²) in [5.41, 5.74) is 1.03. The van der Waals surface area contributed by atoms with E-state index in [4.69, 9.17) is 4.42 Å². The van der Waals surface area contributed by atoms with Crippen molar-refractivity contribution in [1.82, 2.24) is 9.55 Å². The number of hydrogen-bond acceptors (Lipinski definition) is 4. The van der Waals surface area contributed by atoms with Crippen LogP contribution >= 0.6 is 0 Å². The van der Waals surface area contributed by atoms with E-state index in [-0.39, 0.29) is 11.4 Å². The van der Waals surface area contributed by atoms with Gasteiger partial charge in [0.05, 0.1) is 16.7 Å². The summed E-state index contributed by atoms with van der Waals surface area (Å²) >= 11 is 0. The molecule has 5 nitrogen and oxygen atoms in total. The van der Waals surface area contributed by atoms with Crippen molar-refractivity contribution in [1.29, 1.82) is 0 Å². The first kappa shape index (κ1) is 20.0. The van der Waals surface area contributed by atoms with Crippen molar-refractivity contribution in [3.8, 4) is 17.0 Å². The lowest BCUT2D eigenvalue weighted by Gasteiger charge is -2.06. The number of nitrogens with zero attached hydrogens (tertiary/aromatic N) is 2. The summed E-state index contributed by atoms with van der Waals surface area (Å²) in [7, 11) is 0. The Morgan fingerprint density at radius 1 is 0.794 bits per heavy atom. The third-order valence-corrected chi connectivity index (χ3v) is 5.77. The van der Waals surface area contributed by atoms with Crippen LogP contribution in [0.2, 0.25) is 0 Å². The number of carbonyl (C=O) groups excluding carboxylic acids is 2. The van der Waals surface area contributed by atoms with E-state index < -0.39 is 34.3 Å². The highest BCUT2D eigenvalue weighted by molar-refractivity contribution is 6.41. The Balaban J connectivity index is 1.55. The number of fused-ring (bicyclic) bond motifs is 2. The molecule has 0 N–H and O–H groups in total. The van der Waals surface area contributed by atoms with Crippen LogP contribution in [0.4, 0.5) is 8.78 Å². The number of allylic oxidation sites excluding steroid dienone is 1. The maximum atomic E-state index is 14.3. The van der Waals surface area contributed by atoms with Crippen LogP contribution in [-0.4, -0.2) is 21.1 Å². The molecular weight excluding hydrogens is 438 g/mol. The van der Waals surface area contributed by atoms with Gasteiger partial charge < -0.3 is 4.42 Å². The molecule has 1 aliphatic rings. The molecule has 0 fully saturated rings. The summed E-state index contributed by atoms with van der Waals surface area (Å²) in [5, 5.41) is 0. The van der Waals surface area contributed by atoms with Crippen LogP contribution in [0.15, 0.2) is 88.9 Å². The van der Waals surface area contributed by atoms with Crippen molar-refractivity contribution in [2.24, 2.45) is 0 Å². The summed E-state index contributed by atoms with van der Waals surface area (Å²) in [4.78, 5) is 30.2. The van der Waals surface area contributed by atoms with Crippen molar-refractivity contribution in [3.63, 3.8) is 0 Å². The molecule has 2 aromatic heterocycles. The number of Topliss-reactive ketones (excluding diaryl/α,β-unsaturated/α-hetero) is 2. The molecule has 0 aliphatic heterocycles. The minimum atomic E-state index is -0.939. The Morgan fingerprint density at radius 2 is 1.38 bits per heavy atom. The predicted octanol–water partition coefficient (Wildman–Crippen LogP) is 6.03. The van der Waals surface area contributed by atoms with Gasteiger partial charge in [-0.25, -0.2) is 8.78 Å². The third kappa shape index (κ3) is 2.94. The molecule has 6 rings (SSSR count). The van der Waals surface area contributed by atoms with E-state index in [1.165, 1.54) is 6.08 Å². The molecule has 5 aromatic rings. The first-order valence-corrected chi connectivity index (χ1v) is 10.4. The van der Waals surface area contributed by atoms with Gasteiger partial charge in [-0.2, -0.15) is 4.98 Å². The molecule has 7 heteroatoms. The number of hydrogen-bond donors (Lipinski definition) is 0. The monoisotopic (exact) mass is 452 g/mol. The zero-order valence-corrected chi connectivity index (χ0v) is 17.5. The van der Waals surface area contributed by atoms with Gasteiger partial charge in [0.15, 0.2) is 0 Å². The molecule has 1 aliphatic carbocycles. The Kier molecular flexibility index (Phi) is 4.38. The fourth-order valence-corrected chi connectivity index (χ4v) is 4.21. The van der Waals surface area contributed by atoms with Gasteiger partial charge in [0.1, 0.15) is 28.7 Å². The van der Waals surface area contributed by atoms with Crippen molar-refractivity contribution < 1.29 is 22.8 Å². The molecule has 164 valence electrons. The lowest BCUT2D eigenvalue weighted by Crippen LogP contribution is -2.04. The average Bonchev–Trinajstić information content (AvgIpc) is 3.49. The highest BCUT2D eigenvalue weighted by Crippen LogP contribution is 2.34. The highest BCUT2D eigenvalue weighted by atomic mass is 19.1. The van der Waals surface area contributed by atoms with Gasteiger partial charge in [-0.3, -0.25) is 14.2 Å². The average molecular weight is 452 g/mol. The number of aromatic nitrogens is 2. The largest absolute Gasteiger partial charge is 0.436 e. The van der Waals surface area contributed by atoms with Gasteiger partial charge in [-0.15, -0.1) is 0 Å². The second-order valence-corrected chi connectivity index (χ2v) is 7.80. The Hall–Kier alpha value is -4.65. The fraction of sp³-hybridized carbons (Fsp3) is 0. The Morgan fingerprint density at radius 3 is 2.00 bits per heavy atom. The minimum absolute atomic E-state index is 0.227. The lowest BCUT2D eigenvalue weighted by atomic mass is 10.1. The molecule has 0 spiro atoms. The van der Waals surface area contributed by atoms with Crippen molar-refractivity contribution in [2.45, 2.75) is 0 Å². The normalized spacial score (nSPS) is 13.1. The van der Waals surface area contributed by atoms with Crippen LogP contribution < -0.4 is 0 Å². The molecule has 34 heavy (non-hydrogen) atoms.